The molecule has 1 aromatic rings. The molecule has 3 aliphatic carbocycles. The molecule has 0 unspecified atom stereocenters. The number of para-hydroxylation sites is 1. The third-order valence-corrected chi connectivity index (χ3v) is 8.87. The number of anilines is 1. The van der Waals surface area contributed by atoms with E-state index in [1.165, 1.54) is 19.4 Å². The van der Waals surface area contributed by atoms with Crippen molar-refractivity contribution in [3.63, 3.8) is 0 Å². The molecule has 0 radical (unpaired) electrons. The summed E-state index contributed by atoms with van der Waals surface area (Å²) in [6.07, 6.45) is 6.32. The van der Waals surface area contributed by atoms with Crippen molar-refractivity contribution < 1.29 is 9.59 Å². The Labute approximate surface area is 178 Å². The Balaban J connectivity index is 1.24. The largest absolute Gasteiger partial charge is 0.362 e. The standard InChI is InChI=1S/C24H32N4O2/c1-23-9-8-16(24(15-23)25-20-7-3-2-6-18(20)21(29)26-24)13-19(23)22(30)28-12-11-27-10-4-5-17(27)14-28/h2-3,6-7,16-17,19,25H,4-5,8-15H2,1H3,(H,26,29)/t16-,17-,19+,23-,24+/m0/s1. The minimum Gasteiger partial charge on any atom is -0.362 e. The predicted octanol–water partition coefficient (Wildman–Crippen LogP) is 2.67. The van der Waals surface area contributed by atoms with Crippen LogP contribution in [0.25, 0.3) is 0 Å². The predicted molar refractivity (Wildman–Crippen MR) is 115 cm³/mol. The van der Waals surface area contributed by atoms with E-state index in [2.05, 4.69) is 27.4 Å². The highest BCUT2D eigenvalue weighted by atomic mass is 16.2. The Morgan fingerprint density at radius 2 is 2.00 bits per heavy atom. The second kappa shape index (κ2) is 6.46. The number of piperazine rings is 1. The average Bonchev–Trinajstić information content (AvgIpc) is 3.21. The van der Waals surface area contributed by atoms with Crippen molar-refractivity contribution in [1.29, 1.82) is 0 Å². The topological polar surface area (TPSA) is 64.7 Å². The summed E-state index contributed by atoms with van der Waals surface area (Å²) in [6, 6.07) is 8.34. The molecule has 6 aliphatic rings. The Hall–Kier alpha value is -2.08. The molecule has 3 aliphatic heterocycles. The molecule has 2 saturated heterocycles. The maximum Gasteiger partial charge on any atom is 0.255 e. The fourth-order valence-corrected chi connectivity index (χ4v) is 7.24. The van der Waals surface area contributed by atoms with Crippen LogP contribution in [0.2, 0.25) is 0 Å². The van der Waals surface area contributed by atoms with Crippen LogP contribution in [0.4, 0.5) is 5.69 Å². The van der Waals surface area contributed by atoms with Gasteiger partial charge in [0.1, 0.15) is 5.66 Å². The number of benzene rings is 1. The first-order valence-electron chi connectivity index (χ1n) is 11.7. The SMILES string of the molecule is C[C@@]12CC[C@@H](C[C@@H]1C(=O)N1CCN3CCC[C@H]3C1)[C@@]1(C2)NC(=O)c2ccccc2N1. The van der Waals surface area contributed by atoms with Crippen LogP contribution >= 0.6 is 0 Å². The van der Waals surface area contributed by atoms with E-state index in [4.69, 9.17) is 0 Å². The lowest BCUT2D eigenvalue weighted by molar-refractivity contribution is -0.153. The number of nitrogens with zero attached hydrogens (tertiary/aromatic N) is 2. The van der Waals surface area contributed by atoms with Crippen molar-refractivity contribution in [3.8, 4) is 0 Å². The highest BCUT2D eigenvalue weighted by Gasteiger charge is 2.60. The summed E-state index contributed by atoms with van der Waals surface area (Å²) in [7, 11) is 0. The lowest BCUT2D eigenvalue weighted by atomic mass is 9.51. The quantitative estimate of drug-likeness (QED) is 0.750. The van der Waals surface area contributed by atoms with E-state index in [-0.39, 0.29) is 17.2 Å². The first-order chi connectivity index (χ1) is 14.5. The molecule has 2 bridgehead atoms. The number of rotatable bonds is 1. The summed E-state index contributed by atoms with van der Waals surface area (Å²) in [5, 5.41) is 7.04. The fraction of sp³-hybridized carbons (Fsp3) is 0.667. The number of fused-ring (bicyclic) bond motifs is 4. The second-order valence-electron chi connectivity index (χ2n) is 10.6. The van der Waals surface area contributed by atoms with Crippen LogP contribution in [-0.2, 0) is 4.79 Å². The Bertz CT molecular complexity index is 903. The van der Waals surface area contributed by atoms with E-state index in [9.17, 15) is 9.59 Å². The minimum atomic E-state index is -0.417. The van der Waals surface area contributed by atoms with Gasteiger partial charge in [0.05, 0.1) is 5.56 Å². The van der Waals surface area contributed by atoms with Gasteiger partial charge in [0.25, 0.3) is 5.91 Å². The van der Waals surface area contributed by atoms with Gasteiger partial charge in [0.15, 0.2) is 0 Å². The molecule has 3 saturated carbocycles. The van der Waals surface area contributed by atoms with Gasteiger partial charge < -0.3 is 15.5 Å². The highest BCUT2D eigenvalue weighted by molar-refractivity contribution is 6.02. The molecule has 6 nitrogen and oxygen atoms in total. The van der Waals surface area contributed by atoms with Crippen LogP contribution in [0.3, 0.4) is 0 Å². The molecular formula is C24H32N4O2. The Kier molecular flexibility index (Phi) is 4.02. The molecule has 30 heavy (non-hydrogen) atoms. The third kappa shape index (κ3) is 2.65. The summed E-state index contributed by atoms with van der Waals surface area (Å²) < 4.78 is 0. The van der Waals surface area contributed by atoms with Crippen molar-refractivity contribution in [2.75, 3.05) is 31.5 Å². The molecule has 0 aromatic heterocycles. The van der Waals surface area contributed by atoms with Gasteiger partial charge in [-0.15, -0.1) is 0 Å². The van der Waals surface area contributed by atoms with Crippen LogP contribution in [0.15, 0.2) is 24.3 Å². The molecule has 5 atom stereocenters. The lowest BCUT2D eigenvalue weighted by Gasteiger charge is -2.61. The lowest BCUT2D eigenvalue weighted by Crippen LogP contribution is -2.70. The first kappa shape index (κ1) is 18.7. The number of hydrogen-bond donors (Lipinski definition) is 2. The Morgan fingerprint density at radius 3 is 2.87 bits per heavy atom. The van der Waals surface area contributed by atoms with E-state index < -0.39 is 5.66 Å². The number of amides is 2. The molecule has 1 aromatic carbocycles. The Morgan fingerprint density at radius 1 is 1.13 bits per heavy atom. The van der Waals surface area contributed by atoms with Crippen molar-refractivity contribution in [2.45, 2.75) is 57.2 Å². The normalized spacial score (nSPS) is 40.0. The maximum absolute atomic E-state index is 13.7. The molecule has 160 valence electrons. The van der Waals surface area contributed by atoms with E-state index in [1.54, 1.807) is 0 Å². The molecule has 2 N–H and O–H groups in total. The fourth-order valence-electron chi connectivity index (χ4n) is 7.24. The zero-order valence-corrected chi connectivity index (χ0v) is 17.8. The zero-order valence-electron chi connectivity index (χ0n) is 17.8. The van der Waals surface area contributed by atoms with Crippen LogP contribution < -0.4 is 10.6 Å². The monoisotopic (exact) mass is 408 g/mol. The number of carbonyl (C=O) groups excluding carboxylic acids is 2. The van der Waals surface area contributed by atoms with E-state index >= 15 is 0 Å². The van der Waals surface area contributed by atoms with Crippen molar-refractivity contribution in [2.24, 2.45) is 17.3 Å². The van der Waals surface area contributed by atoms with Crippen LogP contribution in [0.5, 0.6) is 0 Å². The summed E-state index contributed by atoms with van der Waals surface area (Å²) >= 11 is 0. The third-order valence-electron chi connectivity index (χ3n) is 8.87. The maximum atomic E-state index is 13.7. The zero-order chi connectivity index (χ0) is 20.5. The van der Waals surface area contributed by atoms with Crippen LogP contribution in [0, 0.1) is 17.3 Å². The number of hydrogen-bond acceptors (Lipinski definition) is 4. The van der Waals surface area contributed by atoms with Gasteiger partial charge >= 0.3 is 0 Å². The van der Waals surface area contributed by atoms with E-state index in [1.807, 2.05) is 24.3 Å². The van der Waals surface area contributed by atoms with Crippen LogP contribution in [-0.4, -0.2) is 59.5 Å². The molecule has 6 heteroatoms. The van der Waals surface area contributed by atoms with E-state index in [0.717, 1.165) is 56.6 Å². The van der Waals surface area contributed by atoms with Gasteiger partial charge in [0, 0.05) is 43.2 Å². The average molecular weight is 409 g/mol. The molecule has 1 spiro atoms. The first-order valence-corrected chi connectivity index (χ1v) is 11.7. The smallest absolute Gasteiger partial charge is 0.255 e. The van der Waals surface area contributed by atoms with Crippen LogP contribution in [0.1, 0.15) is 55.8 Å². The van der Waals surface area contributed by atoms with Crippen molar-refractivity contribution >= 4 is 17.5 Å². The molecule has 7 rings (SSSR count). The summed E-state index contributed by atoms with van der Waals surface area (Å²) in [5.74, 6) is 0.746. The molecule has 5 fully saturated rings. The summed E-state index contributed by atoms with van der Waals surface area (Å²) in [6.45, 7) is 6.30. The van der Waals surface area contributed by atoms with Crippen molar-refractivity contribution in [1.82, 2.24) is 15.1 Å². The molecule has 3 heterocycles. The van der Waals surface area contributed by atoms with Gasteiger partial charge in [-0.25, -0.2) is 0 Å². The summed E-state index contributed by atoms with van der Waals surface area (Å²) in [5.41, 5.74) is 1.15. The molecule has 2 amide bonds. The highest BCUT2D eigenvalue weighted by Crippen LogP contribution is 2.58. The van der Waals surface area contributed by atoms with Gasteiger partial charge in [-0.05, 0) is 62.6 Å². The van der Waals surface area contributed by atoms with Crippen molar-refractivity contribution in [3.05, 3.63) is 29.8 Å². The van der Waals surface area contributed by atoms with Gasteiger partial charge in [-0.3, -0.25) is 14.5 Å². The van der Waals surface area contributed by atoms with Gasteiger partial charge in [-0.2, -0.15) is 0 Å². The minimum absolute atomic E-state index is 0.0146. The number of carbonyl (C=O) groups is 2. The molecular weight excluding hydrogens is 376 g/mol. The van der Waals surface area contributed by atoms with Gasteiger partial charge in [-0.1, -0.05) is 19.1 Å². The second-order valence-corrected chi connectivity index (χ2v) is 10.6. The summed E-state index contributed by atoms with van der Waals surface area (Å²) in [4.78, 5) is 31.3. The van der Waals surface area contributed by atoms with Gasteiger partial charge in [0.2, 0.25) is 5.91 Å². The van der Waals surface area contributed by atoms with E-state index in [0.29, 0.717) is 17.9 Å². The number of nitrogens with one attached hydrogen (secondary N) is 2.